The minimum absolute atomic E-state index is 0.506. The van der Waals surface area contributed by atoms with Crippen LogP contribution in [-0.2, 0) is 0 Å². The molecule has 0 amide bonds. The van der Waals surface area contributed by atoms with Crippen LogP contribution in [0, 0.1) is 3.57 Å². The molecule has 1 aromatic carbocycles. The molecule has 1 aromatic heterocycles. The summed E-state index contributed by atoms with van der Waals surface area (Å²) < 4.78 is 1.05. The maximum atomic E-state index is 5.86. The summed E-state index contributed by atoms with van der Waals surface area (Å²) >= 11 is 15.3. The van der Waals surface area contributed by atoms with E-state index in [2.05, 4.69) is 32.9 Å². The van der Waals surface area contributed by atoms with Gasteiger partial charge in [-0.05, 0) is 40.8 Å². The summed E-state index contributed by atoms with van der Waals surface area (Å²) in [5.41, 5.74) is 0.978. The fourth-order valence-electron chi connectivity index (χ4n) is 1.02. The zero-order valence-electron chi connectivity index (χ0n) is 7.30. The van der Waals surface area contributed by atoms with Gasteiger partial charge in [-0.3, -0.25) is 0 Å². The number of nitrogens with zero attached hydrogens (tertiary/aromatic N) is 1. The average Bonchev–Trinajstić information content (AvgIpc) is 2.56. The number of aromatic nitrogens is 1. The first kappa shape index (κ1) is 11.4. The number of anilines is 2. The van der Waals surface area contributed by atoms with Gasteiger partial charge >= 0.3 is 0 Å². The highest BCUT2D eigenvalue weighted by Crippen LogP contribution is 2.28. The van der Waals surface area contributed by atoms with Crippen molar-refractivity contribution in [2.45, 2.75) is 0 Å². The average molecular weight is 371 g/mol. The number of hydrogen-bond donors (Lipinski definition) is 1. The van der Waals surface area contributed by atoms with Crippen LogP contribution in [0.15, 0.2) is 23.6 Å². The second-order valence-corrected chi connectivity index (χ2v) is 5.57. The van der Waals surface area contributed by atoms with Crippen LogP contribution >= 0.6 is 57.1 Å². The Morgan fingerprint density at radius 1 is 1.33 bits per heavy atom. The zero-order chi connectivity index (χ0) is 10.8. The molecule has 0 fully saturated rings. The molecule has 0 atom stereocenters. The van der Waals surface area contributed by atoms with Gasteiger partial charge in [0, 0.05) is 14.0 Å². The van der Waals surface area contributed by atoms with Gasteiger partial charge in [-0.25, -0.2) is 4.98 Å². The van der Waals surface area contributed by atoms with Gasteiger partial charge in [-0.15, -0.1) is 11.3 Å². The van der Waals surface area contributed by atoms with E-state index in [1.807, 2.05) is 18.2 Å². The maximum absolute atomic E-state index is 5.86. The monoisotopic (exact) mass is 370 g/mol. The fourth-order valence-corrected chi connectivity index (χ4v) is 2.87. The van der Waals surface area contributed by atoms with Crippen LogP contribution in [0.1, 0.15) is 0 Å². The highest BCUT2D eigenvalue weighted by atomic mass is 127. The summed E-state index contributed by atoms with van der Waals surface area (Å²) in [6, 6.07) is 5.64. The van der Waals surface area contributed by atoms with Crippen molar-refractivity contribution in [1.82, 2.24) is 4.98 Å². The summed E-state index contributed by atoms with van der Waals surface area (Å²) in [6.07, 6.45) is 0. The fraction of sp³-hybridized carbons (Fsp3) is 0. The van der Waals surface area contributed by atoms with E-state index in [0.29, 0.717) is 5.15 Å². The Balaban J connectivity index is 2.24. The molecular weight excluding hydrogens is 366 g/mol. The van der Waals surface area contributed by atoms with Crippen LogP contribution in [0.3, 0.4) is 0 Å². The molecule has 15 heavy (non-hydrogen) atoms. The normalized spacial score (nSPS) is 10.3. The Morgan fingerprint density at radius 2 is 2.13 bits per heavy atom. The zero-order valence-corrected chi connectivity index (χ0v) is 11.8. The quantitative estimate of drug-likeness (QED) is 0.768. The first-order chi connectivity index (χ1) is 7.15. The number of thiazole rings is 1. The Kier molecular flexibility index (Phi) is 3.71. The highest BCUT2D eigenvalue weighted by Gasteiger charge is 2.03. The predicted octanol–water partition coefficient (Wildman–Crippen LogP) is 4.80. The van der Waals surface area contributed by atoms with Crippen LogP contribution in [0.4, 0.5) is 10.8 Å². The van der Waals surface area contributed by atoms with Gasteiger partial charge in [0.25, 0.3) is 0 Å². The molecule has 0 aliphatic heterocycles. The van der Waals surface area contributed by atoms with Crippen LogP contribution < -0.4 is 5.32 Å². The second kappa shape index (κ2) is 4.86. The van der Waals surface area contributed by atoms with Crippen molar-refractivity contribution in [3.8, 4) is 0 Å². The van der Waals surface area contributed by atoms with Crippen molar-refractivity contribution < 1.29 is 0 Å². The minimum atomic E-state index is 0.506. The Bertz CT molecular complexity index is 487. The van der Waals surface area contributed by atoms with Crippen molar-refractivity contribution in [3.05, 3.63) is 37.3 Å². The molecule has 1 heterocycles. The van der Waals surface area contributed by atoms with Crippen molar-refractivity contribution in [1.29, 1.82) is 0 Å². The van der Waals surface area contributed by atoms with Gasteiger partial charge in [0.2, 0.25) is 0 Å². The molecular formula is C9H5Cl2IN2S. The number of rotatable bonds is 2. The van der Waals surface area contributed by atoms with Crippen LogP contribution in [0.2, 0.25) is 10.2 Å². The Hall–Kier alpha value is -0.0400. The van der Waals surface area contributed by atoms with E-state index in [0.717, 1.165) is 19.4 Å². The van der Waals surface area contributed by atoms with E-state index in [4.69, 9.17) is 23.2 Å². The third kappa shape index (κ3) is 2.96. The topological polar surface area (TPSA) is 24.9 Å². The molecule has 0 spiro atoms. The molecule has 0 aliphatic carbocycles. The molecule has 0 unspecified atom stereocenters. The molecule has 0 saturated heterocycles. The van der Waals surface area contributed by atoms with Gasteiger partial charge in [-0.1, -0.05) is 23.2 Å². The SMILES string of the molecule is Clc1ccc(Nc2nc(Cl)cs2)c(I)c1. The summed E-state index contributed by atoms with van der Waals surface area (Å²) in [5, 5.41) is 6.97. The van der Waals surface area contributed by atoms with Gasteiger partial charge in [0.15, 0.2) is 5.13 Å². The summed E-state index contributed by atoms with van der Waals surface area (Å²) in [7, 11) is 0. The Morgan fingerprint density at radius 3 is 2.73 bits per heavy atom. The van der Waals surface area contributed by atoms with E-state index < -0.39 is 0 Å². The molecule has 0 bridgehead atoms. The molecule has 1 N–H and O–H groups in total. The highest BCUT2D eigenvalue weighted by molar-refractivity contribution is 14.1. The van der Waals surface area contributed by atoms with Crippen LogP contribution in [-0.4, -0.2) is 4.98 Å². The van der Waals surface area contributed by atoms with E-state index >= 15 is 0 Å². The van der Waals surface area contributed by atoms with E-state index in [1.54, 1.807) is 5.38 Å². The van der Waals surface area contributed by atoms with E-state index in [1.165, 1.54) is 11.3 Å². The molecule has 0 aliphatic rings. The number of benzene rings is 1. The lowest BCUT2D eigenvalue weighted by atomic mass is 10.3. The molecule has 2 nitrogen and oxygen atoms in total. The smallest absolute Gasteiger partial charge is 0.188 e. The first-order valence-electron chi connectivity index (χ1n) is 3.98. The third-order valence-electron chi connectivity index (χ3n) is 1.65. The standard InChI is InChI=1S/C9H5Cl2IN2S/c10-5-1-2-7(6(12)3-5)13-9-14-8(11)4-15-9/h1-4H,(H,13,14). The molecule has 2 rings (SSSR count). The van der Waals surface area contributed by atoms with Crippen LogP contribution in [0.25, 0.3) is 0 Å². The lowest BCUT2D eigenvalue weighted by Gasteiger charge is -2.05. The Labute approximate surface area is 115 Å². The van der Waals surface area contributed by atoms with Crippen molar-refractivity contribution in [3.63, 3.8) is 0 Å². The van der Waals surface area contributed by atoms with Crippen molar-refractivity contribution in [2.24, 2.45) is 0 Å². The van der Waals surface area contributed by atoms with Crippen LogP contribution in [0.5, 0.6) is 0 Å². The summed E-state index contributed by atoms with van der Waals surface area (Å²) in [6.45, 7) is 0. The maximum Gasteiger partial charge on any atom is 0.188 e. The second-order valence-electron chi connectivity index (χ2n) is 2.72. The largest absolute Gasteiger partial charge is 0.331 e. The van der Waals surface area contributed by atoms with Crippen molar-refractivity contribution >= 4 is 67.9 Å². The molecule has 0 saturated carbocycles. The lowest BCUT2D eigenvalue weighted by molar-refractivity contribution is 1.38. The van der Waals surface area contributed by atoms with Gasteiger partial charge in [0.05, 0.1) is 5.69 Å². The van der Waals surface area contributed by atoms with E-state index in [9.17, 15) is 0 Å². The predicted molar refractivity (Wildman–Crippen MR) is 74.6 cm³/mol. The number of hydrogen-bond acceptors (Lipinski definition) is 3. The molecule has 0 radical (unpaired) electrons. The summed E-state index contributed by atoms with van der Waals surface area (Å²) in [4.78, 5) is 4.11. The van der Waals surface area contributed by atoms with Gasteiger partial charge in [0.1, 0.15) is 5.15 Å². The molecule has 2 aromatic rings. The number of nitrogens with one attached hydrogen (secondary N) is 1. The first-order valence-corrected chi connectivity index (χ1v) is 6.70. The number of halogens is 3. The third-order valence-corrected chi connectivity index (χ3v) is 3.86. The molecule has 6 heteroatoms. The minimum Gasteiger partial charge on any atom is -0.331 e. The van der Waals surface area contributed by atoms with Crippen molar-refractivity contribution in [2.75, 3.05) is 5.32 Å². The summed E-state index contributed by atoms with van der Waals surface area (Å²) in [5.74, 6) is 0. The van der Waals surface area contributed by atoms with Gasteiger partial charge in [-0.2, -0.15) is 0 Å². The lowest BCUT2D eigenvalue weighted by Crippen LogP contribution is -1.91. The molecule has 78 valence electrons. The van der Waals surface area contributed by atoms with Gasteiger partial charge < -0.3 is 5.32 Å². The van der Waals surface area contributed by atoms with E-state index in [-0.39, 0.29) is 0 Å².